The van der Waals surface area contributed by atoms with Crippen molar-refractivity contribution >= 4 is 106 Å². The fourth-order valence-corrected chi connectivity index (χ4v) is 14.5. The highest BCUT2D eigenvalue weighted by Crippen LogP contribution is 2.27. The summed E-state index contributed by atoms with van der Waals surface area (Å²) in [5, 5.41) is 36.8. The van der Waals surface area contributed by atoms with E-state index in [2.05, 4.69) is 53.2 Å². The van der Waals surface area contributed by atoms with Gasteiger partial charge in [0, 0.05) is 123 Å². The quantitative estimate of drug-likeness (QED) is 0.0279. The number of carboxylic acids is 1. The van der Waals surface area contributed by atoms with Gasteiger partial charge in [-0.1, -0.05) is 121 Å². The minimum absolute atomic E-state index is 0.0106. The Morgan fingerprint density at radius 2 is 1.12 bits per heavy atom. The number of hydrogen-bond acceptors (Lipinski definition) is 23. The Balaban J connectivity index is 1.31. The zero-order chi connectivity index (χ0) is 96.1. The van der Waals surface area contributed by atoms with E-state index in [1.165, 1.54) is 27.6 Å². The largest absolute Gasteiger partial charge is 0.480 e. The summed E-state index contributed by atoms with van der Waals surface area (Å²) in [5.74, 6) is -9.86. The number of likely N-dealkylation sites (tertiary alicyclic amines) is 1. The first kappa shape index (κ1) is 107. The lowest BCUT2D eigenvalue weighted by Crippen LogP contribution is -2.60. The molecule has 1 aromatic heterocycles. The molecule has 130 heavy (non-hydrogen) atoms. The molecule has 3 heterocycles. The molecular formula is C92H138N16O22. The van der Waals surface area contributed by atoms with Crippen molar-refractivity contribution in [1.82, 2.24) is 77.3 Å². The van der Waals surface area contributed by atoms with Crippen molar-refractivity contribution in [2.45, 2.75) is 234 Å². The van der Waals surface area contributed by atoms with Gasteiger partial charge in [-0.05, 0) is 126 Å². The fourth-order valence-electron chi connectivity index (χ4n) is 14.5. The van der Waals surface area contributed by atoms with Crippen molar-refractivity contribution in [2.24, 2.45) is 16.6 Å². The molecule has 38 heteroatoms. The number of carboxylic acid groups (broad SMARTS) is 1. The monoisotopic (exact) mass is 1820 g/mol. The number of Topliss-reactive ketones (excluding diaryl/α,β-unsaturated/α-hetero) is 2. The summed E-state index contributed by atoms with van der Waals surface area (Å²) in [5.41, 5.74) is 5.90. The van der Waals surface area contributed by atoms with Crippen LogP contribution in [-0.2, 0) is 112 Å². The van der Waals surface area contributed by atoms with Crippen LogP contribution in [0.2, 0.25) is 0 Å². The second-order valence-electron chi connectivity index (χ2n) is 37.1. The SMILES string of the molecule is CCCOCC[C@H](NC(=O)[C@H](Cc1ccc(CNC(=O)COCCOCCNC(=O)OC(C)(C)C)cc1)NC(=O)[C@H](Cc1ccccc1)N(C)C(=O)CN)C(=O)N[C@@H](Cc1cn(C(=O)OC(C)(C)C)c2ccccc12)C(=O)NCC(=O)N[C@@H](CCCCNC(=O)N1CCN(CC(=O)CC(C)(C)C)CC1)C(=O)N[C@@H](CC(=O)CC(C)(C)C)C(=O)N1CCC[C@@H]1C(=O)NCC(=O)O. The van der Waals surface area contributed by atoms with Gasteiger partial charge in [0.15, 0.2) is 0 Å². The number of amides is 13. The molecule has 7 atom stereocenters. The lowest BCUT2D eigenvalue weighted by Gasteiger charge is -2.34. The number of alkyl carbamates (subject to hydrolysis) is 1. The number of likely N-dealkylation sites (N-methyl/N-ethyl adjacent to an activating group) is 1. The van der Waals surface area contributed by atoms with Gasteiger partial charge in [-0.25, -0.2) is 14.4 Å². The summed E-state index contributed by atoms with van der Waals surface area (Å²) < 4.78 is 29.1. The standard InChI is InChI=1S/C92H138N16O22/c1-15-42-126-43-34-68(100-82(119)69(102-84(121)74(104(14)77(113)53-93)48-60-24-17-16-18-25-60)47-61-30-32-62(33-31-61)54-96-76(112)59-128-46-45-127-44-36-95-87(124)129-91(8,9)10)81(118)101-70(49-63-57-108(88(125)130-92(11,12)13)72-28-20-19-26-66(63)72)79(116)97-55-75(111)99-67(27-21-22-35-94-86(123)106-40-38-105(39-41-106)58-65(110)52-90(5,6)7)80(117)103-71(50-64(109)51-89(2,3)4)85(122)107-37-23-29-73(107)83(120)98-56-78(114)115/h16-20,24-26,28,30-33,57,67-71,73-74H,15,21-23,27,29,34-56,58-59,93H2,1-14H3,(H,94,123)(H,95,124)(H,96,112)(H,97,116)(H,98,120)(H,99,111)(H,100,119)(H,101,118)(H,102,121)(H,103,117)(H,114,115)/t67-,68-,69-,70-,71-,73+,74-/m0/s1. The molecule has 0 spiro atoms. The Hall–Kier alpha value is -11.5. The number of aliphatic carboxylic acids is 1. The highest BCUT2D eigenvalue weighted by Gasteiger charge is 2.41. The van der Waals surface area contributed by atoms with Crippen LogP contribution in [-0.4, -0.2) is 296 Å². The van der Waals surface area contributed by atoms with Crippen LogP contribution in [0.3, 0.4) is 0 Å². The van der Waals surface area contributed by atoms with Gasteiger partial charge in [0.1, 0.15) is 78.2 Å². The van der Waals surface area contributed by atoms with Crippen molar-refractivity contribution in [2.75, 3.05) is 119 Å². The van der Waals surface area contributed by atoms with E-state index in [-0.39, 0.29) is 141 Å². The van der Waals surface area contributed by atoms with Gasteiger partial charge in [0.25, 0.3) is 0 Å². The zero-order valence-electron chi connectivity index (χ0n) is 77.9. The third-order valence-electron chi connectivity index (χ3n) is 20.8. The molecule has 4 aromatic rings. The molecule has 2 aliphatic heterocycles. The second-order valence-corrected chi connectivity index (χ2v) is 37.1. The number of aromatic nitrogens is 1. The Morgan fingerprint density at radius 1 is 0.531 bits per heavy atom. The maximum atomic E-state index is 15.5. The summed E-state index contributed by atoms with van der Waals surface area (Å²) in [7, 11) is 1.40. The minimum atomic E-state index is -1.68. The molecule has 38 nitrogen and oxygen atoms in total. The van der Waals surface area contributed by atoms with Crippen LogP contribution >= 0.6 is 0 Å². The lowest BCUT2D eigenvalue weighted by atomic mass is 9.88. The predicted molar refractivity (Wildman–Crippen MR) is 483 cm³/mol. The summed E-state index contributed by atoms with van der Waals surface area (Å²) in [6.07, 6.45) is 0.235. The van der Waals surface area contributed by atoms with Crippen LogP contribution in [0.4, 0.5) is 14.4 Å². The third kappa shape index (κ3) is 39.1. The van der Waals surface area contributed by atoms with E-state index in [9.17, 15) is 62.6 Å². The van der Waals surface area contributed by atoms with Crippen LogP contribution in [0, 0.1) is 10.8 Å². The number of urea groups is 1. The first-order chi connectivity index (χ1) is 61.3. The maximum absolute atomic E-state index is 15.5. The molecular weight excluding hydrogens is 1680 g/mol. The lowest BCUT2D eigenvalue weighted by molar-refractivity contribution is -0.144. The molecule has 13 amide bonds. The number of carbonyl (C=O) groups is 16. The molecule has 6 rings (SSSR count). The van der Waals surface area contributed by atoms with E-state index in [1.54, 1.807) is 146 Å². The topological polar surface area (TPSA) is 504 Å². The normalized spacial score (nSPS) is 15.1. The molecule has 3 aromatic carbocycles. The molecule has 0 unspecified atom stereocenters. The van der Waals surface area contributed by atoms with Gasteiger partial charge in [-0.3, -0.25) is 71.8 Å². The Kier molecular flexibility index (Phi) is 43.2. The van der Waals surface area contributed by atoms with Crippen molar-refractivity contribution in [3.05, 3.63) is 107 Å². The number of carbonyl (C=O) groups excluding carboxylic acids is 15. The molecule has 2 fully saturated rings. The number of benzene rings is 3. The second kappa shape index (κ2) is 52.4. The molecule has 718 valence electrons. The third-order valence-corrected chi connectivity index (χ3v) is 20.8. The highest BCUT2D eigenvalue weighted by molar-refractivity contribution is 6.00. The number of fused-ring (bicyclic) bond motifs is 1. The molecule has 0 radical (unpaired) electrons. The van der Waals surface area contributed by atoms with Crippen molar-refractivity contribution in [1.29, 1.82) is 0 Å². The number of rotatable bonds is 50. The van der Waals surface area contributed by atoms with Crippen LogP contribution < -0.4 is 58.9 Å². The van der Waals surface area contributed by atoms with Crippen molar-refractivity contribution < 1.29 is 106 Å². The number of para-hydroxylation sites is 1. The maximum Gasteiger partial charge on any atom is 0.419 e. The summed E-state index contributed by atoms with van der Waals surface area (Å²) in [6.45, 7) is 23.9. The van der Waals surface area contributed by atoms with Gasteiger partial charge in [-0.2, -0.15) is 0 Å². The smallest absolute Gasteiger partial charge is 0.419 e. The minimum Gasteiger partial charge on any atom is -0.480 e. The van der Waals surface area contributed by atoms with Gasteiger partial charge >= 0.3 is 24.2 Å². The number of hydrogen-bond donors (Lipinski definition) is 12. The first-order valence-electron chi connectivity index (χ1n) is 44.5. The summed E-state index contributed by atoms with van der Waals surface area (Å²) in [6, 6.07) is 11.6. The van der Waals surface area contributed by atoms with Gasteiger partial charge in [0.05, 0.1) is 45.0 Å². The van der Waals surface area contributed by atoms with Crippen LogP contribution in [0.5, 0.6) is 0 Å². The molecule has 2 saturated heterocycles. The number of unbranched alkanes of at least 4 members (excludes halogenated alkanes) is 1. The van der Waals surface area contributed by atoms with Crippen LogP contribution in [0.25, 0.3) is 10.9 Å². The number of nitrogens with two attached hydrogens (primary N) is 1. The average molecular weight is 1820 g/mol. The van der Waals surface area contributed by atoms with Crippen LogP contribution in [0.15, 0.2) is 85.1 Å². The van der Waals surface area contributed by atoms with E-state index in [4.69, 9.17) is 29.4 Å². The molecule has 0 aliphatic carbocycles. The number of ketones is 2. The fraction of sp³-hybridized carbons (Fsp3) is 0.609. The van der Waals surface area contributed by atoms with Gasteiger partial charge in [-0.15, -0.1) is 0 Å². The van der Waals surface area contributed by atoms with E-state index in [1.807, 2.05) is 32.6 Å². The highest BCUT2D eigenvalue weighted by atomic mass is 16.6. The van der Waals surface area contributed by atoms with Crippen molar-refractivity contribution in [3.8, 4) is 0 Å². The van der Waals surface area contributed by atoms with E-state index in [0.717, 1.165) is 0 Å². The van der Waals surface area contributed by atoms with Gasteiger partial charge < -0.3 is 102 Å². The van der Waals surface area contributed by atoms with Gasteiger partial charge in [0.2, 0.25) is 59.1 Å². The number of ether oxygens (including phenoxy) is 5. The van der Waals surface area contributed by atoms with E-state index >= 15 is 19.2 Å². The average Bonchev–Trinajstić information content (AvgIpc) is 1.64. The number of nitrogens with one attached hydrogen (secondary N) is 10. The Bertz CT molecular complexity index is 4470. The van der Waals surface area contributed by atoms with E-state index in [0.29, 0.717) is 78.6 Å². The number of nitrogens with zero attached hydrogens (tertiary/aromatic N) is 5. The van der Waals surface area contributed by atoms with Crippen LogP contribution in [0.1, 0.15) is 176 Å². The Morgan fingerprint density at radius 3 is 1.76 bits per heavy atom. The number of piperazine rings is 1. The van der Waals surface area contributed by atoms with Crippen molar-refractivity contribution in [3.63, 3.8) is 0 Å². The summed E-state index contributed by atoms with van der Waals surface area (Å²) >= 11 is 0. The molecule has 2 aliphatic rings. The Labute approximate surface area is 761 Å². The molecule has 13 N–H and O–H groups in total. The molecule has 0 saturated carbocycles. The molecule has 0 bridgehead atoms. The summed E-state index contributed by atoms with van der Waals surface area (Å²) in [4.78, 5) is 229. The van der Waals surface area contributed by atoms with E-state index < -0.39 is 174 Å². The predicted octanol–water partition coefficient (Wildman–Crippen LogP) is 3.86. The zero-order valence-corrected chi connectivity index (χ0v) is 77.9. The first-order valence-corrected chi connectivity index (χ1v) is 44.5.